The van der Waals surface area contributed by atoms with Crippen LogP contribution in [-0.2, 0) is 0 Å². The molecule has 2 heterocycles. The maximum atomic E-state index is 5.15. The molecule has 0 aliphatic heterocycles. The summed E-state index contributed by atoms with van der Waals surface area (Å²) in [6, 6.07) is 1.94. The van der Waals surface area contributed by atoms with E-state index in [4.69, 9.17) is 12.2 Å². The fraction of sp³-hybridized carbons (Fsp3) is 0.100. The molecule has 0 aliphatic carbocycles. The molecule has 3 nitrogen and oxygen atoms in total. The highest BCUT2D eigenvalue weighted by molar-refractivity contribution is 9.10. The maximum Gasteiger partial charge on any atom is 0.144 e. The van der Waals surface area contributed by atoms with Gasteiger partial charge in [-0.25, -0.2) is 4.98 Å². The quantitative estimate of drug-likeness (QED) is 0.780. The van der Waals surface area contributed by atoms with Crippen LogP contribution in [0.25, 0.3) is 11.4 Å². The number of pyridine rings is 1. The van der Waals surface area contributed by atoms with E-state index in [1.807, 2.05) is 13.0 Å². The van der Waals surface area contributed by atoms with Gasteiger partial charge < -0.3 is 4.98 Å². The Morgan fingerprint density at radius 2 is 2.06 bits per heavy atom. The van der Waals surface area contributed by atoms with Crippen molar-refractivity contribution in [3.8, 4) is 11.4 Å². The Bertz CT molecular complexity index is 595. The van der Waals surface area contributed by atoms with E-state index < -0.39 is 0 Å². The van der Waals surface area contributed by atoms with Crippen LogP contribution >= 0.6 is 44.1 Å². The molecule has 2 aromatic heterocycles. The van der Waals surface area contributed by atoms with Crippen LogP contribution < -0.4 is 0 Å². The highest BCUT2D eigenvalue weighted by Gasteiger charge is 2.05. The van der Waals surface area contributed by atoms with E-state index in [1.165, 1.54) is 0 Å². The van der Waals surface area contributed by atoms with Crippen molar-refractivity contribution in [2.45, 2.75) is 6.92 Å². The Labute approximate surface area is 115 Å². The molecule has 0 amide bonds. The molecule has 0 saturated heterocycles. The van der Waals surface area contributed by atoms with Gasteiger partial charge in [0.05, 0.1) is 4.47 Å². The maximum absolute atomic E-state index is 5.15. The first-order valence-electron chi connectivity index (χ1n) is 4.45. The molecule has 2 aromatic rings. The number of aromatic nitrogens is 3. The van der Waals surface area contributed by atoms with Gasteiger partial charge in [-0.05, 0) is 44.8 Å². The molecule has 0 aliphatic rings. The number of rotatable bonds is 1. The van der Waals surface area contributed by atoms with Crippen LogP contribution in [0.3, 0.4) is 0 Å². The van der Waals surface area contributed by atoms with E-state index in [1.54, 1.807) is 12.4 Å². The molecule has 0 aromatic carbocycles. The summed E-state index contributed by atoms with van der Waals surface area (Å²) in [6.07, 6.45) is 3.47. The highest BCUT2D eigenvalue weighted by Crippen LogP contribution is 2.21. The third-order valence-electron chi connectivity index (χ3n) is 2.01. The van der Waals surface area contributed by atoms with E-state index in [2.05, 4.69) is 46.8 Å². The second kappa shape index (κ2) is 4.73. The van der Waals surface area contributed by atoms with Crippen LogP contribution in [0, 0.1) is 11.6 Å². The Morgan fingerprint density at radius 1 is 1.31 bits per heavy atom. The van der Waals surface area contributed by atoms with Crippen molar-refractivity contribution in [3.05, 3.63) is 37.7 Å². The third-order valence-corrected chi connectivity index (χ3v) is 3.98. The molecule has 82 valence electrons. The number of aromatic amines is 1. The van der Waals surface area contributed by atoms with Crippen LogP contribution in [0.2, 0.25) is 0 Å². The lowest BCUT2D eigenvalue weighted by Crippen LogP contribution is -1.94. The lowest BCUT2D eigenvalue weighted by Gasteiger charge is -2.04. The predicted octanol–water partition coefficient (Wildman–Crippen LogP) is 4.03. The van der Waals surface area contributed by atoms with Crippen molar-refractivity contribution in [2.24, 2.45) is 0 Å². The number of H-pyrrole nitrogens is 1. The number of aryl methyl sites for hydroxylation is 1. The van der Waals surface area contributed by atoms with Gasteiger partial charge in [-0.15, -0.1) is 0 Å². The number of halogens is 2. The van der Waals surface area contributed by atoms with Gasteiger partial charge in [0, 0.05) is 28.1 Å². The van der Waals surface area contributed by atoms with Crippen molar-refractivity contribution in [3.63, 3.8) is 0 Å². The Hall–Kier alpha value is -0.590. The van der Waals surface area contributed by atoms with Crippen molar-refractivity contribution >= 4 is 44.1 Å². The molecule has 2 rings (SSSR count). The van der Waals surface area contributed by atoms with Crippen LogP contribution in [-0.4, -0.2) is 15.0 Å². The lowest BCUT2D eigenvalue weighted by atomic mass is 10.2. The third kappa shape index (κ3) is 2.39. The van der Waals surface area contributed by atoms with Crippen molar-refractivity contribution in [1.82, 2.24) is 15.0 Å². The lowest BCUT2D eigenvalue weighted by molar-refractivity contribution is 1.07. The molecule has 0 unspecified atom stereocenters. The zero-order valence-corrected chi connectivity index (χ0v) is 12.3. The Kier molecular flexibility index (Phi) is 3.51. The van der Waals surface area contributed by atoms with Gasteiger partial charge in [-0.2, -0.15) is 0 Å². The zero-order chi connectivity index (χ0) is 11.7. The van der Waals surface area contributed by atoms with E-state index in [0.29, 0.717) is 4.64 Å². The molecular weight excluding hydrogens is 354 g/mol. The molecular formula is C10H7Br2N3S. The smallest absolute Gasteiger partial charge is 0.144 e. The first kappa shape index (κ1) is 11.9. The van der Waals surface area contributed by atoms with Gasteiger partial charge in [-0.1, -0.05) is 12.2 Å². The predicted molar refractivity (Wildman–Crippen MR) is 72.8 cm³/mol. The van der Waals surface area contributed by atoms with Crippen LogP contribution in [0.1, 0.15) is 5.69 Å². The number of nitrogens with zero attached hydrogens (tertiary/aromatic N) is 2. The van der Waals surface area contributed by atoms with Crippen LogP contribution in [0.4, 0.5) is 0 Å². The van der Waals surface area contributed by atoms with Gasteiger partial charge in [0.15, 0.2) is 0 Å². The molecule has 6 heteroatoms. The second-order valence-corrected chi connectivity index (χ2v) is 5.32. The average molecular weight is 361 g/mol. The molecule has 0 atom stereocenters. The summed E-state index contributed by atoms with van der Waals surface area (Å²) >= 11 is 11.9. The summed E-state index contributed by atoms with van der Waals surface area (Å²) in [6.45, 7) is 1.94. The van der Waals surface area contributed by atoms with E-state index >= 15 is 0 Å². The van der Waals surface area contributed by atoms with Gasteiger partial charge >= 0.3 is 0 Å². The van der Waals surface area contributed by atoms with Gasteiger partial charge in [0.25, 0.3) is 0 Å². The monoisotopic (exact) mass is 359 g/mol. The molecule has 0 bridgehead atoms. The normalized spacial score (nSPS) is 10.4. The van der Waals surface area contributed by atoms with Crippen LogP contribution in [0.5, 0.6) is 0 Å². The minimum absolute atomic E-state index is 0.547. The van der Waals surface area contributed by atoms with Crippen LogP contribution in [0.15, 0.2) is 27.4 Å². The highest BCUT2D eigenvalue weighted by atomic mass is 79.9. The number of nitrogens with one attached hydrogen (secondary N) is 1. The molecule has 0 spiro atoms. The fourth-order valence-electron chi connectivity index (χ4n) is 1.25. The molecule has 16 heavy (non-hydrogen) atoms. The van der Waals surface area contributed by atoms with Gasteiger partial charge in [0.1, 0.15) is 10.5 Å². The number of hydrogen-bond acceptors (Lipinski definition) is 3. The standard InChI is InChI=1S/C10H7Br2N3S/c1-5-8(12)10(16)15-9(14-5)6-2-7(11)4-13-3-6/h2-4H,1H3,(H,14,15,16). The Balaban J connectivity index is 2.61. The van der Waals surface area contributed by atoms with E-state index in [9.17, 15) is 0 Å². The summed E-state index contributed by atoms with van der Waals surface area (Å²) in [5.41, 5.74) is 1.85. The van der Waals surface area contributed by atoms with Crippen molar-refractivity contribution < 1.29 is 0 Å². The minimum Gasteiger partial charge on any atom is -0.342 e. The zero-order valence-electron chi connectivity index (χ0n) is 8.29. The Morgan fingerprint density at radius 3 is 2.69 bits per heavy atom. The van der Waals surface area contributed by atoms with Crippen molar-refractivity contribution in [1.29, 1.82) is 0 Å². The minimum atomic E-state index is 0.547. The van der Waals surface area contributed by atoms with Crippen molar-refractivity contribution in [2.75, 3.05) is 0 Å². The fourth-order valence-corrected chi connectivity index (χ4v) is 2.05. The molecule has 1 N–H and O–H groups in total. The summed E-state index contributed by atoms with van der Waals surface area (Å²) < 4.78 is 2.28. The summed E-state index contributed by atoms with van der Waals surface area (Å²) in [4.78, 5) is 11.6. The molecule has 0 saturated carbocycles. The molecule has 0 radical (unpaired) electrons. The SMILES string of the molecule is Cc1[nH]c(-c2cncc(Br)c2)nc(=S)c1Br. The average Bonchev–Trinajstić information content (AvgIpc) is 2.25. The van der Waals surface area contributed by atoms with E-state index in [-0.39, 0.29) is 0 Å². The second-order valence-electron chi connectivity index (χ2n) is 3.22. The number of hydrogen-bond donors (Lipinski definition) is 1. The van der Waals surface area contributed by atoms with E-state index in [0.717, 1.165) is 26.0 Å². The largest absolute Gasteiger partial charge is 0.342 e. The van der Waals surface area contributed by atoms with Gasteiger partial charge in [0.2, 0.25) is 0 Å². The molecule has 0 fully saturated rings. The topological polar surface area (TPSA) is 41.6 Å². The summed E-state index contributed by atoms with van der Waals surface area (Å²) in [7, 11) is 0. The van der Waals surface area contributed by atoms with Gasteiger partial charge in [-0.3, -0.25) is 4.98 Å². The summed E-state index contributed by atoms with van der Waals surface area (Å²) in [5, 5.41) is 0. The first-order valence-corrected chi connectivity index (χ1v) is 6.44. The first-order chi connectivity index (χ1) is 7.58. The summed E-state index contributed by atoms with van der Waals surface area (Å²) in [5.74, 6) is 0.722.